The molecule has 1 heterocycles. The van der Waals surface area contributed by atoms with Crippen LogP contribution in [0.4, 0.5) is 8.78 Å². The van der Waals surface area contributed by atoms with E-state index in [9.17, 15) is 8.78 Å². The number of hydrogen-bond donors (Lipinski definition) is 1. The summed E-state index contributed by atoms with van der Waals surface area (Å²) in [6.45, 7) is 1.89. The highest BCUT2D eigenvalue weighted by molar-refractivity contribution is 5.36. The summed E-state index contributed by atoms with van der Waals surface area (Å²) in [4.78, 5) is 3.72. The molecule has 5 heteroatoms. The lowest BCUT2D eigenvalue weighted by Gasteiger charge is -2.14. The van der Waals surface area contributed by atoms with Gasteiger partial charge in [-0.2, -0.15) is 0 Å². The van der Waals surface area contributed by atoms with E-state index in [-0.39, 0.29) is 12.6 Å². The third kappa shape index (κ3) is 3.48. The molecule has 0 unspecified atom stereocenters. The van der Waals surface area contributed by atoms with Gasteiger partial charge in [0.15, 0.2) is 0 Å². The minimum Gasteiger partial charge on any atom is -0.488 e. The van der Waals surface area contributed by atoms with Crippen LogP contribution in [0.15, 0.2) is 36.7 Å². The Morgan fingerprint density at radius 1 is 1.21 bits per heavy atom. The van der Waals surface area contributed by atoms with Gasteiger partial charge in [-0.05, 0) is 19.1 Å². The Labute approximate surface area is 110 Å². The molecular formula is C14H14F2N2O. The average Bonchev–Trinajstić information content (AvgIpc) is 2.36. The van der Waals surface area contributed by atoms with E-state index in [1.165, 1.54) is 24.4 Å². The first-order valence-electron chi connectivity index (χ1n) is 5.83. The van der Waals surface area contributed by atoms with Crippen molar-refractivity contribution < 1.29 is 13.5 Å². The number of hydrogen-bond acceptors (Lipinski definition) is 3. The number of aromatic nitrogens is 1. The highest BCUT2D eigenvalue weighted by Gasteiger charge is 2.10. The molecule has 0 bridgehead atoms. The topological polar surface area (TPSA) is 48.1 Å². The molecule has 100 valence electrons. The smallest absolute Gasteiger partial charge is 0.141 e. The van der Waals surface area contributed by atoms with Crippen LogP contribution in [0.1, 0.15) is 24.1 Å². The molecule has 0 aliphatic carbocycles. The predicted octanol–water partition coefficient (Wildman–Crippen LogP) is 2.96. The van der Waals surface area contributed by atoms with E-state index in [4.69, 9.17) is 10.5 Å². The zero-order valence-electron chi connectivity index (χ0n) is 10.4. The van der Waals surface area contributed by atoms with Crippen molar-refractivity contribution in [1.29, 1.82) is 0 Å². The Morgan fingerprint density at radius 2 is 2.00 bits per heavy atom. The van der Waals surface area contributed by atoms with E-state index in [1.807, 2.05) is 0 Å². The maximum atomic E-state index is 13.2. The zero-order valence-corrected chi connectivity index (χ0v) is 10.4. The molecule has 1 atom stereocenters. The first kappa shape index (κ1) is 13.4. The average molecular weight is 264 g/mol. The van der Waals surface area contributed by atoms with Crippen molar-refractivity contribution in [2.75, 3.05) is 0 Å². The lowest BCUT2D eigenvalue weighted by atomic mass is 10.1. The maximum Gasteiger partial charge on any atom is 0.141 e. The summed E-state index contributed by atoms with van der Waals surface area (Å²) in [6.07, 6.45) is 2.60. The molecule has 0 spiro atoms. The number of pyridine rings is 1. The molecule has 0 radical (unpaired) electrons. The Bertz CT molecular complexity index is 573. The fourth-order valence-electron chi connectivity index (χ4n) is 1.71. The van der Waals surface area contributed by atoms with Gasteiger partial charge in [0, 0.05) is 29.4 Å². The van der Waals surface area contributed by atoms with E-state index >= 15 is 0 Å². The van der Waals surface area contributed by atoms with Crippen molar-refractivity contribution in [2.24, 2.45) is 5.73 Å². The predicted molar refractivity (Wildman–Crippen MR) is 67.5 cm³/mol. The minimum atomic E-state index is -0.437. The quantitative estimate of drug-likeness (QED) is 0.923. The SMILES string of the molecule is C[C@@H](N)c1ccc(F)cc1OCc1cncc(F)c1. The molecule has 2 rings (SSSR count). The van der Waals surface area contributed by atoms with Gasteiger partial charge in [-0.15, -0.1) is 0 Å². The molecule has 0 saturated carbocycles. The van der Waals surface area contributed by atoms with Gasteiger partial charge in [-0.3, -0.25) is 4.98 Å². The molecule has 19 heavy (non-hydrogen) atoms. The second-order valence-corrected chi connectivity index (χ2v) is 4.27. The Kier molecular flexibility index (Phi) is 4.06. The van der Waals surface area contributed by atoms with E-state index < -0.39 is 11.6 Å². The molecule has 0 aliphatic heterocycles. The largest absolute Gasteiger partial charge is 0.488 e. The molecule has 0 amide bonds. The third-order valence-electron chi connectivity index (χ3n) is 2.62. The van der Waals surface area contributed by atoms with Gasteiger partial charge < -0.3 is 10.5 Å². The molecule has 2 aromatic rings. The molecule has 3 nitrogen and oxygen atoms in total. The van der Waals surface area contributed by atoms with Crippen molar-refractivity contribution >= 4 is 0 Å². The normalized spacial score (nSPS) is 12.2. The summed E-state index contributed by atoms with van der Waals surface area (Å²) in [7, 11) is 0. The van der Waals surface area contributed by atoms with Gasteiger partial charge in [0.25, 0.3) is 0 Å². The summed E-state index contributed by atoms with van der Waals surface area (Å²) in [5.41, 5.74) is 7.05. The van der Waals surface area contributed by atoms with Crippen LogP contribution >= 0.6 is 0 Å². The Hall–Kier alpha value is -2.01. The highest BCUT2D eigenvalue weighted by atomic mass is 19.1. The summed E-state index contributed by atoms with van der Waals surface area (Å²) >= 11 is 0. The number of nitrogens with zero attached hydrogens (tertiary/aromatic N) is 1. The van der Waals surface area contributed by atoms with Crippen LogP contribution in [0.5, 0.6) is 5.75 Å². The highest BCUT2D eigenvalue weighted by Crippen LogP contribution is 2.25. The van der Waals surface area contributed by atoms with E-state index in [2.05, 4.69) is 4.98 Å². The van der Waals surface area contributed by atoms with E-state index in [0.29, 0.717) is 16.9 Å². The second-order valence-electron chi connectivity index (χ2n) is 4.27. The Balaban J connectivity index is 2.17. The van der Waals surface area contributed by atoms with Gasteiger partial charge in [0.2, 0.25) is 0 Å². The van der Waals surface area contributed by atoms with Crippen LogP contribution in [0.2, 0.25) is 0 Å². The van der Waals surface area contributed by atoms with Crippen LogP contribution in [-0.4, -0.2) is 4.98 Å². The van der Waals surface area contributed by atoms with Crippen molar-refractivity contribution in [1.82, 2.24) is 4.98 Å². The molecule has 0 fully saturated rings. The van der Waals surface area contributed by atoms with E-state index in [0.717, 1.165) is 6.20 Å². The van der Waals surface area contributed by atoms with Crippen LogP contribution in [0.3, 0.4) is 0 Å². The summed E-state index contributed by atoms with van der Waals surface area (Å²) in [5.74, 6) is -0.483. The molecule has 1 aromatic carbocycles. The number of benzene rings is 1. The number of nitrogens with two attached hydrogens (primary N) is 1. The maximum absolute atomic E-state index is 13.2. The van der Waals surface area contributed by atoms with Crippen molar-refractivity contribution in [3.63, 3.8) is 0 Å². The van der Waals surface area contributed by atoms with Crippen molar-refractivity contribution in [3.8, 4) is 5.75 Å². The summed E-state index contributed by atoms with van der Waals surface area (Å²) < 4.78 is 31.7. The summed E-state index contributed by atoms with van der Waals surface area (Å²) in [6, 6.07) is 5.22. The van der Waals surface area contributed by atoms with Crippen LogP contribution in [0.25, 0.3) is 0 Å². The first-order valence-corrected chi connectivity index (χ1v) is 5.83. The molecule has 0 saturated heterocycles. The third-order valence-corrected chi connectivity index (χ3v) is 2.62. The lowest BCUT2D eigenvalue weighted by Crippen LogP contribution is -2.08. The van der Waals surface area contributed by atoms with Crippen molar-refractivity contribution in [2.45, 2.75) is 19.6 Å². The standard InChI is InChI=1S/C14H14F2N2O/c1-9(17)13-3-2-11(15)5-14(13)19-8-10-4-12(16)7-18-6-10/h2-7,9H,8,17H2,1H3/t9-/m1/s1. The molecule has 1 aromatic heterocycles. The van der Waals surface area contributed by atoms with Crippen LogP contribution in [0, 0.1) is 11.6 Å². The van der Waals surface area contributed by atoms with Gasteiger partial charge in [-0.1, -0.05) is 6.07 Å². The summed E-state index contributed by atoms with van der Waals surface area (Å²) in [5, 5.41) is 0. The first-order chi connectivity index (χ1) is 9.06. The van der Waals surface area contributed by atoms with Gasteiger partial charge in [-0.25, -0.2) is 8.78 Å². The number of ether oxygens (including phenoxy) is 1. The van der Waals surface area contributed by atoms with Gasteiger partial charge in [0.05, 0.1) is 6.20 Å². The number of rotatable bonds is 4. The fraction of sp³-hybridized carbons (Fsp3) is 0.214. The Morgan fingerprint density at radius 3 is 2.68 bits per heavy atom. The molecule has 0 aliphatic rings. The zero-order chi connectivity index (χ0) is 13.8. The molecular weight excluding hydrogens is 250 g/mol. The monoisotopic (exact) mass is 264 g/mol. The van der Waals surface area contributed by atoms with Gasteiger partial charge >= 0.3 is 0 Å². The second kappa shape index (κ2) is 5.75. The van der Waals surface area contributed by atoms with Crippen LogP contribution < -0.4 is 10.5 Å². The lowest BCUT2D eigenvalue weighted by molar-refractivity contribution is 0.298. The van der Waals surface area contributed by atoms with Gasteiger partial charge in [0.1, 0.15) is 24.0 Å². The molecule has 2 N–H and O–H groups in total. The number of halogens is 2. The van der Waals surface area contributed by atoms with Crippen molar-refractivity contribution in [3.05, 3.63) is 59.4 Å². The minimum absolute atomic E-state index is 0.105. The van der Waals surface area contributed by atoms with Crippen LogP contribution in [-0.2, 0) is 6.61 Å². The van der Waals surface area contributed by atoms with E-state index in [1.54, 1.807) is 13.0 Å². The fourth-order valence-corrected chi connectivity index (χ4v) is 1.71.